The van der Waals surface area contributed by atoms with Crippen molar-refractivity contribution in [2.24, 2.45) is 0 Å². The molecule has 6 nitrogen and oxygen atoms in total. The molecule has 1 fully saturated rings. The first kappa shape index (κ1) is 13.7. The molecule has 0 saturated carbocycles. The number of hydrogen-bond donors (Lipinski definition) is 5. The Morgan fingerprint density at radius 3 is 2.69 bits per heavy atom. The second-order valence-corrected chi connectivity index (χ2v) is 4.13. The fraction of sp³-hybridized carbons (Fsp3) is 0.889. The van der Waals surface area contributed by atoms with Crippen LogP contribution in [0.15, 0.2) is 0 Å². The van der Waals surface area contributed by atoms with Gasteiger partial charge in [-0.05, 0) is 5.75 Å². The summed E-state index contributed by atoms with van der Waals surface area (Å²) in [6, 6.07) is -0.648. The van der Waals surface area contributed by atoms with E-state index in [9.17, 15) is 15.0 Å². The van der Waals surface area contributed by atoms with Crippen LogP contribution < -0.4 is 5.32 Å². The Labute approximate surface area is 99.0 Å². The summed E-state index contributed by atoms with van der Waals surface area (Å²) in [6.07, 6.45) is -2.88. The Balaban J connectivity index is 2.48. The first-order valence-electron chi connectivity index (χ1n) is 5.09. The minimum atomic E-state index is -1.19. The van der Waals surface area contributed by atoms with Crippen molar-refractivity contribution in [1.82, 2.24) is 5.32 Å². The molecule has 0 bridgehead atoms. The fourth-order valence-corrected chi connectivity index (χ4v) is 1.75. The molecule has 1 aliphatic heterocycles. The minimum absolute atomic E-state index is 0.0712. The SMILES string of the molecule is O=C(CCS)NC1COC(CO)C(O)C1O. The summed E-state index contributed by atoms with van der Waals surface area (Å²) in [6.45, 7) is -0.294. The number of amides is 1. The van der Waals surface area contributed by atoms with E-state index in [1.54, 1.807) is 0 Å². The van der Waals surface area contributed by atoms with Gasteiger partial charge in [-0.25, -0.2) is 0 Å². The highest BCUT2D eigenvalue weighted by Crippen LogP contribution is 2.15. The average molecular weight is 251 g/mol. The van der Waals surface area contributed by atoms with Crippen LogP contribution >= 0.6 is 12.6 Å². The number of aliphatic hydroxyl groups is 3. The lowest BCUT2D eigenvalue weighted by atomic mass is 9.98. The van der Waals surface area contributed by atoms with Crippen LogP contribution in [0.5, 0.6) is 0 Å². The third-order valence-electron chi connectivity index (χ3n) is 2.50. The summed E-state index contributed by atoms with van der Waals surface area (Å²) >= 11 is 3.91. The van der Waals surface area contributed by atoms with Crippen LogP contribution in [0.25, 0.3) is 0 Å². The van der Waals surface area contributed by atoms with Gasteiger partial charge < -0.3 is 25.4 Å². The molecule has 0 aliphatic carbocycles. The number of thiol groups is 1. The zero-order chi connectivity index (χ0) is 12.1. The van der Waals surface area contributed by atoms with Crippen molar-refractivity contribution in [3.05, 3.63) is 0 Å². The van der Waals surface area contributed by atoms with Gasteiger partial charge in [-0.1, -0.05) is 0 Å². The van der Waals surface area contributed by atoms with Crippen LogP contribution in [0.3, 0.4) is 0 Å². The van der Waals surface area contributed by atoms with Crippen LogP contribution in [0.4, 0.5) is 0 Å². The van der Waals surface area contributed by atoms with Gasteiger partial charge in [0.1, 0.15) is 18.3 Å². The Kier molecular flexibility index (Phi) is 5.50. The summed E-state index contributed by atoms with van der Waals surface area (Å²) in [5, 5.41) is 30.6. The molecule has 1 heterocycles. The van der Waals surface area contributed by atoms with Crippen molar-refractivity contribution in [3.8, 4) is 0 Å². The second-order valence-electron chi connectivity index (χ2n) is 3.68. The van der Waals surface area contributed by atoms with E-state index < -0.39 is 24.4 Å². The van der Waals surface area contributed by atoms with Crippen LogP contribution in [0.2, 0.25) is 0 Å². The normalized spacial score (nSPS) is 34.8. The molecule has 0 aromatic carbocycles. The van der Waals surface area contributed by atoms with E-state index in [4.69, 9.17) is 9.84 Å². The van der Waals surface area contributed by atoms with Crippen LogP contribution in [-0.4, -0.2) is 64.5 Å². The van der Waals surface area contributed by atoms with E-state index in [1.807, 2.05) is 0 Å². The molecule has 4 N–H and O–H groups in total. The maximum absolute atomic E-state index is 11.3. The summed E-state index contributed by atoms with van der Waals surface area (Å²) in [5.74, 6) is 0.162. The zero-order valence-electron chi connectivity index (χ0n) is 8.74. The third-order valence-corrected chi connectivity index (χ3v) is 2.72. The Bertz CT molecular complexity index is 240. The van der Waals surface area contributed by atoms with Gasteiger partial charge in [0.25, 0.3) is 0 Å². The van der Waals surface area contributed by atoms with E-state index in [1.165, 1.54) is 0 Å². The monoisotopic (exact) mass is 251 g/mol. The number of carbonyl (C=O) groups is 1. The first-order valence-corrected chi connectivity index (χ1v) is 5.72. The standard InChI is InChI=1S/C9H17NO5S/c11-3-6-9(14)8(13)5(4-15-6)10-7(12)1-2-16/h5-6,8-9,11,13-14,16H,1-4H2,(H,10,12). The summed E-state index contributed by atoms with van der Waals surface area (Å²) < 4.78 is 5.11. The summed E-state index contributed by atoms with van der Waals surface area (Å²) in [7, 11) is 0. The van der Waals surface area contributed by atoms with E-state index in [-0.39, 0.29) is 25.5 Å². The summed E-state index contributed by atoms with van der Waals surface area (Å²) in [5.41, 5.74) is 0. The fourth-order valence-electron chi connectivity index (χ4n) is 1.55. The number of carbonyl (C=O) groups excluding carboxylic acids is 1. The zero-order valence-corrected chi connectivity index (χ0v) is 9.64. The maximum atomic E-state index is 11.3. The molecule has 0 radical (unpaired) electrons. The Morgan fingerprint density at radius 2 is 2.12 bits per heavy atom. The lowest BCUT2D eigenvalue weighted by molar-refractivity contribution is -0.164. The molecular weight excluding hydrogens is 234 g/mol. The first-order chi connectivity index (χ1) is 7.60. The van der Waals surface area contributed by atoms with Gasteiger partial charge >= 0.3 is 0 Å². The van der Waals surface area contributed by atoms with Crippen molar-refractivity contribution >= 4 is 18.5 Å². The molecule has 1 rings (SSSR count). The lowest BCUT2D eigenvalue weighted by Gasteiger charge is -2.37. The molecule has 1 saturated heterocycles. The second kappa shape index (κ2) is 6.41. The van der Waals surface area contributed by atoms with Gasteiger partial charge in [0.15, 0.2) is 0 Å². The average Bonchev–Trinajstić information content (AvgIpc) is 2.25. The largest absolute Gasteiger partial charge is 0.394 e. The number of aliphatic hydroxyl groups excluding tert-OH is 3. The molecule has 0 aromatic heterocycles. The minimum Gasteiger partial charge on any atom is -0.394 e. The summed E-state index contributed by atoms with van der Waals surface area (Å²) in [4.78, 5) is 11.3. The molecule has 7 heteroatoms. The molecule has 0 aromatic rings. The smallest absolute Gasteiger partial charge is 0.221 e. The molecule has 1 amide bonds. The topological polar surface area (TPSA) is 99.0 Å². The number of hydrogen-bond acceptors (Lipinski definition) is 6. The highest BCUT2D eigenvalue weighted by atomic mass is 32.1. The van der Waals surface area contributed by atoms with E-state index in [0.717, 1.165) is 0 Å². The highest BCUT2D eigenvalue weighted by Gasteiger charge is 2.38. The number of rotatable bonds is 4. The number of nitrogens with one attached hydrogen (secondary N) is 1. The van der Waals surface area contributed by atoms with Crippen LogP contribution in [0.1, 0.15) is 6.42 Å². The van der Waals surface area contributed by atoms with Gasteiger partial charge in [0.2, 0.25) is 5.91 Å². The Morgan fingerprint density at radius 1 is 1.44 bits per heavy atom. The quantitative estimate of drug-likeness (QED) is 0.369. The van der Waals surface area contributed by atoms with Crippen LogP contribution in [0, 0.1) is 0 Å². The van der Waals surface area contributed by atoms with Crippen molar-refractivity contribution in [2.75, 3.05) is 19.0 Å². The van der Waals surface area contributed by atoms with Crippen molar-refractivity contribution < 1.29 is 24.9 Å². The van der Waals surface area contributed by atoms with Crippen molar-refractivity contribution in [3.63, 3.8) is 0 Å². The molecule has 4 unspecified atom stereocenters. The molecule has 4 atom stereocenters. The van der Waals surface area contributed by atoms with E-state index in [2.05, 4.69) is 17.9 Å². The van der Waals surface area contributed by atoms with Crippen molar-refractivity contribution in [2.45, 2.75) is 30.8 Å². The van der Waals surface area contributed by atoms with E-state index >= 15 is 0 Å². The lowest BCUT2D eigenvalue weighted by Crippen LogP contribution is -2.60. The molecule has 0 spiro atoms. The molecule has 94 valence electrons. The van der Waals surface area contributed by atoms with E-state index in [0.29, 0.717) is 5.75 Å². The molecule has 16 heavy (non-hydrogen) atoms. The highest BCUT2D eigenvalue weighted by molar-refractivity contribution is 7.80. The van der Waals surface area contributed by atoms with Crippen LogP contribution in [-0.2, 0) is 9.53 Å². The van der Waals surface area contributed by atoms with Gasteiger partial charge in [-0.15, -0.1) is 0 Å². The van der Waals surface area contributed by atoms with Gasteiger partial charge in [-0.3, -0.25) is 4.79 Å². The predicted octanol–water partition coefficient (Wildman–Crippen LogP) is -2.10. The maximum Gasteiger partial charge on any atom is 0.221 e. The Hall–Kier alpha value is -0.340. The predicted molar refractivity (Wildman–Crippen MR) is 59.2 cm³/mol. The van der Waals surface area contributed by atoms with Gasteiger partial charge in [0, 0.05) is 6.42 Å². The van der Waals surface area contributed by atoms with Gasteiger partial charge in [-0.2, -0.15) is 12.6 Å². The molecular formula is C9H17NO5S. The van der Waals surface area contributed by atoms with Crippen molar-refractivity contribution in [1.29, 1.82) is 0 Å². The number of ether oxygens (including phenoxy) is 1. The third kappa shape index (κ3) is 3.33. The van der Waals surface area contributed by atoms with Gasteiger partial charge in [0.05, 0.1) is 19.3 Å². The molecule has 1 aliphatic rings.